The maximum absolute atomic E-state index is 13.9. The Morgan fingerprint density at radius 2 is 1.64 bits per heavy atom. The molecule has 1 aliphatic heterocycles. The van der Waals surface area contributed by atoms with E-state index in [-0.39, 0.29) is 23.8 Å². The molecule has 0 amide bonds. The number of piperazine rings is 1. The van der Waals surface area contributed by atoms with E-state index in [0.717, 1.165) is 11.0 Å². The van der Waals surface area contributed by atoms with Gasteiger partial charge in [-0.2, -0.15) is 4.31 Å². The minimum Gasteiger partial charge on any atom is -0.329 e. The Bertz CT molecular complexity index is 848. The van der Waals surface area contributed by atoms with Gasteiger partial charge in [0, 0.05) is 0 Å². The van der Waals surface area contributed by atoms with Gasteiger partial charge in [-0.05, 0) is 24.3 Å². The van der Waals surface area contributed by atoms with Crippen LogP contribution >= 0.6 is 11.6 Å². The lowest BCUT2D eigenvalue weighted by atomic mass is 10.2. The molecule has 0 atom stereocenters. The van der Waals surface area contributed by atoms with Crippen molar-refractivity contribution in [1.29, 1.82) is 0 Å². The molecule has 8 heteroatoms. The van der Waals surface area contributed by atoms with Crippen molar-refractivity contribution in [3.63, 3.8) is 0 Å². The standard InChI is InChI=1S/C17H17ClF2N2O2S/c18-14-4-3-6-15(19)13(14)12-21-8-10-22(11-9-21)25(23,24)17-7-2-1-5-16(17)20/h1-7H,8-12H2/p+1. The van der Waals surface area contributed by atoms with Crippen molar-refractivity contribution in [2.24, 2.45) is 0 Å². The van der Waals surface area contributed by atoms with Crippen LogP contribution in [0, 0.1) is 11.6 Å². The summed E-state index contributed by atoms with van der Waals surface area (Å²) in [4.78, 5) is 0.725. The quantitative estimate of drug-likeness (QED) is 0.867. The molecule has 0 aliphatic carbocycles. The van der Waals surface area contributed by atoms with Gasteiger partial charge >= 0.3 is 0 Å². The summed E-state index contributed by atoms with van der Waals surface area (Å²) in [5.41, 5.74) is 0.435. The molecule has 134 valence electrons. The zero-order valence-corrected chi connectivity index (χ0v) is 15.0. The zero-order chi connectivity index (χ0) is 18.0. The molecule has 1 N–H and O–H groups in total. The first-order valence-corrected chi connectivity index (χ1v) is 9.72. The Balaban J connectivity index is 1.69. The van der Waals surface area contributed by atoms with Crippen LogP contribution in [0.15, 0.2) is 47.4 Å². The zero-order valence-electron chi connectivity index (χ0n) is 13.4. The van der Waals surface area contributed by atoms with Gasteiger partial charge < -0.3 is 4.90 Å². The lowest BCUT2D eigenvalue weighted by Gasteiger charge is -2.31. The number of nitrogens with one attached hydrogen (secondary N) is 1. The fourth-order valence-electron chi connectivity index (χ4n) is 2.96. The van der Waals surface area contributed by atoms with Crippen LogP contribution in [0.2, 0.25) is 5.02 Å². The first-order valence-electron chi connectivity index (χ1n) is 7.91. The number of quaternary nitrogens is 1. The first kappa shape index (κ1) is 18.3. The number of benzene rings is 2. The highest BCUT2D eigenvalue weighted by molar-refractivity contribution is 7.89. The van der Waals surface area contributed by atoms with E-state index in [9.17, 15) is 17.2 Å². The van der Waals surface area contributed by atoms with Crippen molar-refractivity contribution < 1.29 is 22.1 Å². The van der Waals surface area contributed by atoms with Crippen LogP contribution in [-0.2, 0) is 16.6 Å². The second-order valence-electron chi connectivity index (χ2n) is 5.96. The summed E-state index contributed by atoms with van der Waals surface area (Å²) >= 11 is 6.05. The molecule has 2 aromatic rings. The Hall–Kier alpha value is -1.54. The summed E-state index contributed by atoms with van der Waals surface area (Å²) in [7, 11) is -3.86. The molecule has 0 saturated carbocycles. The number of nitrogens with zero attached hydrogens (tertiary/aromatic N) is 1. The third kappa shape index (κ3) is 3.84. The summed E-state index contributed by atoms with van der Waals surface area (Å²) in [6, 6.07) is 9.90. The van der Waals surface area contributed by atoms with Crippen molar-refractivity contribution in [3.8, 4) is 0 Å². The Morgan fingerprint density at radius 1 is 1.00 bits per heavy atom. The van der Waals surface area contributed by atoms with E-state index in [0.29, 0.717) is 30.2 Å². The minimum atomic E-state index is -3.86. The van der Waals surface area contributed by atoms with Gasteiger partial charge in [0.2, 0.25) is 10.0 Å². The average Bonchev–Trinajstić information content (AvgIpc) is 2.59. The summed E-state index contributed by atoms with van der Waals surface area (Å²) in [6.45, 7) is 1.88. The van der Waals surface area contributed by atoms with Crippen molar-refractivity contribution in [2.75, 3.05) is 26.2 Å². The van der Waals surface area contributed by atoms with Crippen molar-refractivity contribution >= 4 is 21.6 Å². The van der Waals surface area contributed by atoms with Crippen LogP contribution in [-0.4, -0.2) is 38.9 Å². The maximum atomic E-state index is 13.9. The van der Waals surface area contributed by atoms with Crippen molar-refractivity contribution in [1.82, 2.24) is 4.31 Å². The molecule has 0 aromatic heterocycles. The topological polar surface area (TPSA) is 41.8 Å². The van der Waals surface area contributed by atoms with Gasteiger partial charge in [0.15, 0.2) is 0 Å². The van der Waals surface area contributed by atoms with Gasteiger partial charge in [-0.1, -0.05) is 29.8 Å². The summed E-state index contributed by atoms with van der Waals surface area (Å²) in [6.07, 6.45) is 0. The Labute approximate surface area is 150 Å². The molecular weight excluding hydrogens is 370 g/mol. The second kappa shape index (κ2) is 7.37. The lowest BCUT2D eigenvalue weighted by Crippen LogP contribution is -3.13. The molecule has 1 saturated heterocycles. The minimum absolute atomic E-state index is 0.248. The molecule has 3 rings (SSSR count). The predicted molar refractivity (Wildman–Crippen MR) is 91.0 cm³/mol. The highest BCUT2D eigenvalue weighted by atomic mass is 35.5. The maximum Gasteiger partial charge on any atom is 0.246 e. The molecule has 0 spiro atoms. The molecule has 0 radical (unpaired) electrons. The first-order chi connectivity index (χ1) is 11.9. The molecule has 1 heterocycles. The van der Waals surface area contributed by atoms with E-state index in [4.69, 9.17) is 11.6 Å². The van der Waals surface area contributed by atoms with Gasteiger partial charge in [0.05, 0.1) is 36.8 Å². The molecule has 1 fully saturated rings. The second-order valence-corrected chi connectivity index (χ2v) is 8.28. The smallest absolute Gasteiger partial charge is 0.246 e. The highest BCUT2D eigenvalue weighted by Crippen LogP contribution is 2.20. The molecule has 2 aromatic carbocycles. The number of hydrogen-bond acceptors (Lipinski definition) is 2. The molecule has 1 aliphatic rings. The third-order valence-corrected chi connectivity index (χ3v) is 6.66. The van der Waals surface area contributed by atoms with Gasteiger partial charge in [-0.3, -0.25) is 0 Å². The van der Waals surface area contributed by atoms with E-state index in [1.807, 2.05) is 0 Å². The van der Waals surface area contributed by atoms with Crippen LogP contribution in [0.5, 0.6) is 0 Å². The monoisotopic (exact) mass is 387 g/mol. The van der Waals surface area contributed by atoms with E-state index in [1.54, 1.807) is 12.1 Å². The van der Waals surface area contributed by atoms with Gasteiger partial charge in [-0.25, -0.2) is 17.2 Å². The van der Waals surface area contributed by atoms with Crippen molar-refractivity contribution in [2.45, 2.75) is 11.4 Å². The van der Waals surface area contributed by atoms with Crippen LogP contribution in [0.1, 0.15) is 5.56 Å². The fourth-order valence-corrected chi connectivity index (χ4v) is 4.70. The largest absolute Gasteiger partial charge is 0.329 e. The highest BCUT2D eigenvalue weighted by Gasteiger charge is 2.32. The molecule has 0 unspecified atom stereocenters. The van der Waals surface area contributed by atoms with Gasteiger partial charge in [0.25, 0.3) is 0 Å². The molecule has 25 heavy (non-hydrogen) atoms. The fraction of sp³-hybridized carbons (Fsp3) is 0.294. The van der Waals surface area contributed by atoms with Crippen LogP contribution < -0.4 is 4.90 Å². The third-order valence-electron chi connectivity index (χ3n) is 4.37. The lowest BCUT2D eigenvalue weighted by molar-refractivity contribution is -0.917. The summed E-state index contributed by atoms with van der Waals surface area (Å²) in [5.74, 6) is -1.11. The van der Waals surface area contributed by atoms with Crippen LogP contribution in [0.25, 0.3) is 0 Å². The SMILES string of the molecule is O=S(=O)(c1ccccc1F)N1CC[NH+](Cc2c(F)cccc2Cl)CC1. The average molecular weight is 388 g/mol. The summed E-state index contributed by atoms with van der Waals surface area (Å²) in [5, 5.41) is 0.369. The molecule has 4 nitrogen and oxygen atoms in total. The van der Waals surface area contributed by atoms with Gasteiger partial charge in [0.1, 0.15) is 23.1 Å². The molecule has 0 bridgehead atoms. The molecular formula is C17H18ClF2N2O2S+. The summed E-state index contributed by atoms with van der Waals surface area (Å²) < 4.78 is 54.1. The predicted octanol–water partition coefficient (Wildman–Crippen LogP) is 1.71. The van der Waals surface area contributed by atoms with E-state index in [1.165, 1.54) is 28.6 Å². The van der Waals surface area contributed by atoms with Crippen LogP contribution in [0.3, 0.4) is 0 Å². The van der Waals surface area contributed by atoms with E-state index >= 15 is 0 Å². The number of hydrogen-bond donors (Lipinski definition) is 1. The van der Waals surface area contributed by atoms with Crippen LogP contribution in [0.4, 0.5) is 8.78 Å². The van der Waals surface area contributed by atoms with E-state index in [2.05, 4.69) is 0 Å². The normalized spacial score (nSPS) is 16.9. The number of halogens is 3. The van der Waals surface area contributed by atoms with Gasteiger partial charge in [-0.15, -0.1) is 0 Å². The number of rotatable bonds is 4. The number of sulfonamides is 1. The van der Waals surface area contributed by atoms with E-state index < -0.39 is 15.8 Å². The Kier molecular flexibility index (Phi) is 5.38. The van der Waals surface area contributed by atoms with Crippen molar-refractivity contribution in [3.05, 3.63) is 64.7 Å². The Morgan fingerprint density at radius 3 is 2.28 bits per heavy atom.